The summed E-state index contributed by atoms with van der Waals surface area (Å²) in [6.45, 7) is 8.09. The minimum atomic E-state index is -1.03. The molecule has 0 heterocycles. The van der Waals surface area contributed by atoms with Gasteiger partial charge in [-0.15, -0.1) is 5.92 Å². The van der Waals surface area contributed by atoms with Crippen LogP contribution in [0.4, 0.5) is 0 Å². The number of rotatable bonds is 0. The maximum atomic E-state index is 11.9. The van der Waals surface area contributed by atoms with Crippen molar-refractivity contribution in [1.82, 2.24) is 0 Å². The van der Waals surface area contributed by atoms with Crippen LogP contribution >= 0.6 is 0 Å². The first-order chi connectivity index (χ1) is 12.2. The Morgan fingerprint density at radius 2 is 2.04 bits per heavy atom. The molecule has 4 aliphatic rings. The number of aliphatic hydroxyl groups is 2. The summed E-state index contributed by atoms with van der Waals surface area (Å²) in [6.07, 6.45) is 9.20. The fraction of sp³-hybridized carbons (Fsp3) is 0.609. The Hall–Kier alpha value is -1.63. The molecule has 26 heavy (non-hydrogen) atoms. The van der Waals surface area contributed by atoms with Gasteiger partial charge < -0.3 is 10.2 Å². The van der Waals surface area contributed by atoms with Crippen LogP contribution < -0.4 is 0 Å². The van der Waals surface area contributed by atoms with Crippen LogP contribution in [0.5, 0.6) is 0 Å². The fourth-order valence-electron chi connectivity index (χ4n) is 6.61. The van der Waals surface area contributed by atoms with Crippen LogP contribution in [0.15, 0.2) is 35.5 Å². The summed E-state index contributed by atoms with van der Waals surface area (Å²) in [5.41, 5.74) is 0.375. The van der Waals surface area contributed by atoms with E-state index in [1.54, 1.807) is 19.1 Å². The summed E-state index contributed by atoms with van der Waals surface area (Å²) in [6, 6.07) is 0. The third-order valence-electron chi connectivity index (χ3n) is 7.86. The van der Waals surface area contributed by atoms with Crippen molar-refractivity contribution < 1.29 is 15.0 Å². The van der Waals surface area contributed by atoms with Gasteiger partial charge in [0.15, 0.2) is 5.78 Å². The highest BCUT2D eigenvalue weighted by Gasteiger charge is 2.65. The van der Waals surface area contributed by atoms with Gasteiger partial charge in [-0.3, -0.25) is 4.79 Å². The topological polar surface area (TPSA) is 57.5 Å². The Morgan fingerprint density at radius 3 is 2.73 bits per heavy atom. The SMILES string of the molecule is CC#CC1(O)CC[C@H]2[C@@H]3C=C(C)C4=CC(=O)C=C[C@]4(C)[C@H]3C(O)C[C@@]21C. The summed E-state index contributed by atoms with van der Waals surface area (Å²) in [5, 5.41) is 22.5. The molecule has 3 heteroatoms. The van der Waals surface area contributed by atoms with Gasteiger partial charge in [-0.25, -0.2) is 0 Å². The first-order valence-electron chi connectivity index (χ1n) is 9.65. The van der Waals surface area contributed by atoms with Gasteiger partial charge in [0.2, 0.25) is 0 Å². The minimum Gasteiger partial charge on any atom is -0.393 e. The van der Waals surface area contributed by atoms with Crippen LogP contribution in [-0.4, -0.2) is 27.7 Å². The summed E-state index contributed by atoms with van der Waals surface area (Å²) in [5.74, 6) is 6.47. The van der Waals surface area contributed by atoms with Gasteiger partial charge in [0, 0.05) is 16.7 Å². The molecular formula is C23H28O3. The smallest absolute Gasteiger partial charge is 0.178 e. The van der Waals surface area contributed by atoms with Crippen LogP contribution in [0.3, 0.4) is 0 Å². The molecule has 0 aromatic rings. The quantitative estimate of drug-likeness (QED) is 0.658. The maximum absolute atomic E-state index is 11.9. The average Bonchev–Trinajstić information content (AvgIpc) is 2.80. The van der Waals surface area contributed by atoms with E-state index in [4.69, 9.17) is 0 Å². The van der Waals surface area contributed by atoms with Gasteiger partial charge in [-0.05, 0) is 62.7 Å². The van der Waals surface area contributed by atoms with Gasteiger partial charge in [-0.1, -0.05) is 37.5 Å². The molecule has 4 rings (SSSR count). The molecular weight excluding hydrogens is 324 g/mol. The number of hydrogen-bond donors (Lipinski definition) is 2. The summed E-state index contributed by atoms with van der Waals surface area (Å²) >= 11 is 0. The fourth-order valence-corrected chi connectivity index (χ4v) is 6.61. The molecule has 138 valence electrons. The van der Waals surface area contributed by atoms with Gasteiger partial charge in [-0.2, -0.15) is 0 Å². The van der Waals surface area contributed by atoms with Crippen LogP contribution in [0.25, 0.3) is 0 Å². The zero-order valence-corrected chi connectivity index (χ0v) is 16.0. The molecule has 0 aromatic carbocycles. The lowest BCUT2D eigenvalue weighted by Crippen LogP contribution is -2.58. The Bertz CT molecular complexity index is 822. The molecule has 0 aliphatic heterocycles. The molecule has 0 saturated heterocycles. The van der Waals surface area contributed by atoms with Crippen molar-refractivity contribution in [1.29, 1.82) is 0 Å². The molecule has 0 aromatic heterocycles. The molecule has 0 bridgehead atoms. The van der Waals surface area contributed by atoms with E-state index < -0.39 is 17.1 Å². The molecule has 4 aliphatic carbocycles. The van der Waals surface area contributed by atoms with Crippen LogP contribution in [0.2, 0.25) is 0 Å². The molecule has 7 atom stereocenters. The van der Waals surface area contributed by atoms with Crippen molar-refractivity contribution in [3.8, 4) is 11.8 Å². The molecule has 2 N–H and O–H groups in total. The minimum absolute atomic E-state index is 0.0206. The van der Waals surface area contributed by atoms with E-state index in [1.165, 1.54) is 0 Å². The number of allylic oxidation sites excluding steroid dienone is 6. The Labute approximate surface area is 155 Å². The number of carbonyl (C=O) groups excluding carboxylic acids is 1. The van der Waals surface area contributed by atoms with Gasteiger partial charge in [0.1, 0.15) is 5.60 Å². The Kier molecular flexibility index (Phi) is 3.72. The zero-order chi connectivity index (χ0) is 18.9. The second kappa shape index (κ2) is 5.44. The highest BCUT2D eigenvalue weighted by Crippen LogP contribution is 2.66. The van der Waals surface area contributed by atoms with Gasteiger partial charge in [0.25, 0.3) is 0 Å². The highest BCUT2D eigenvalue weighted by molar-refractivity contribution is 6.01. The molecule has 2 unspecified atom stereocenters. The van der Waals surface area contributed by atoms with Crippen molar-refractivity contribution in [3.63, 3.8) is 0 Å². The van der Waals surface area contributed by atoms with Crippen molar-refractivity contribution in [2.24, 2.45) is 28.6 Å². The normalized spacial score (nSPS) is 49.2. The second-order valence-corrected chi connectivity index (χ2v) is 9.10. The maximum Gasteiger partial charge on any atom is 0.178 e. The van der Waals surface area contributed by atoms with Crippen molar-refractivity contribution in [2.45, 2.75) is 58.7 Å². The second-order valence-electron chi connectivity index (χ2n) is 9.10. The Morgan fingerprint density at radius 1 is 1.31 bits per heavy atom. The first kappa shape index (κ1) is 17.8. The third kappa shape index (κ3) is 2.06. The van der Waals surface area contributed by atoms with E-state index in [0.29, 0.717) is 12.8 Å². The average molecular weight is 352 g/mol. The van der Waals surface area contributed by atoms with E-state index in [2.05, 4.69) is 38.7 Å². The monoisotopic (exact) mass is 352 g/mol. The third-order valence-corrected chi connectivity index (χ3v) is 7.86. The number of carbonyl (C=O) groups is 1. The predicted molar refractivity (Wildman–Crippen MR) is 101 cm³/mol. The predicted octanol–water partition coefficient (Wildman–Crippen LogP) is 3.19. The lowest BCUT2D eigenvalue weighted by Gasteiger charge is -2.58. The molecule has 2 fully saturated rings. The van der Waals surface area contributed by atoms with Gasteiger partial charge in [0.05, 0.1) is 6.10 Å². The standard InChI is InChI=1S/C23H28O3/c1-5-8-23(26)10-7-17-16-11-14(2)18-12-15(24)6-9-21(18,3)20(16)19(25)13-22(17,23)4/h6,9,11-12,16-17,19-20,25-26H,7,10,13H2,1-4H3/t16-,17-,19?,20+,21-,22-,23?/m0/s1. The lowest BCUT2D eigenvalue weighted by molar-refractivity contribution is -0.129. The molecule has 3 nitrogen and oxygen atoms in total. The van der Waals surface area contributed by atoms with E-state index in [-0.39, 0.29) is 29.0 Å². The van der Waals surface area contributed by atoms with E-state index in [9.17, 15) is 15.0 Å². The van der Waals surface area contributed by atoms with Crippen molar-refractivity contribution >= 4 is 5.78 Å². The molecule has 0 amide bonds. The summed E-state index contributed by atoms with van der Waals surface area (Å²) in [4.78, 5) is 11.9. The number of aliphatic hydroxyl groups excluding tert-OH is 1. The van der Waals surface area contributed by atoms with Crippen molar-refractivity contribution in [3.05, 3.63) is 35.5 Å². The largest absolute Gasteiger partial charge is 0.393 e. The molecule has 0 radical (unpaired) electrons. The van der Waals surface area contributed by atoms with Crippen LogP contribution in [-0.2, 0) is 4.79 Å². The number of ketones is 1. The summed E-state index contributed by atoms with van der Waals surface area (Å²) in [7, 11) is 0. The zero-order valence-electron chi connectivity index (χ0n) is 16.0. The molecule has 2 saturated carbocycles. The highest BCUT2D eigenvalue weighted by atomic mass is 16.3. The Balaban J connectivity index is 1.86. The number of fused-ring (bicyclic) bond motifs is 5. The summed E-state index contributed by atoms with van der Waals surface area (Å²) < 4.78 is 0. The van der Waals surface area contributed by atoms with E-state index in [1.807, 2.05) is 6.08 Å². The van der Waals surface area contributed by atoms with Gasteiger partial charge >= 0.3 is 0 Å². The first-order valence-corrected chi connectivity index (χ1v) is 9.65. The molecule has 0 spiro atoms. The van der Waals surface area contributed by atoms with E-state index in [0.717, 1.165) is 17.6 Å². The number of hydrogen-bond acceptors (Lipinski definition) is 3. The van der Waals surface area contributed by atoms with Crippen molar-refractivity contribution in [2.75, 3.05) is 0 Å². The van der Waals surface area contributed by atoms with Crippen LogP contribution in [0.1, 0.15) is 47.0 Å². The lowest BCUT2D eigenvalue weighted by atomic mass is 9.47. The van der Waals surface area contributed by atoms with E-state index >= 15 is 0 Å². The van der Waals surface area contributed by atoms with Crippen LogP contribution in [0, 0.1) is 40.4 Å².